The molecule has 10 heteroatoms. The molecule has 2 aromatic carbocycles. The Morgan fingerprint density at radius 2 is 1.97 bits per heavy atom. The molecule has 0 radical (unpaired) electrons. The van der Waals surface area contributed by atoms with Crippen molar-refractivity contribution >= 4 is 39.3 Å². The summed E-state index contributed by atoms with van der Waals surface area (Å²) in [7, 11) is -3.84. The van der Waals surface area contributed by atoms with E-state index in [9.17, 15) is 18.0 Å². The van der Waals surface area contributed by atoms with Crippen LogP contribution < -0.4 is 20.1 Å². The lowest BCUT2D eigenvalue weighted by molar-refractivity contribution is -0.123. The SMILES string of the molecule is CSCCC(NS(=O)(=O)c1ccccc1)C(=O)NC(C)c1ccc2c(c1)NC(=O)CO2. The van der Waals surface area contributed by atoms with Crippen LogP contribution in [-0.4, -0.2) is 44.9 Å². The largest absolute Gasteiger partial charge is 0.482 e. The fraction of sp³-hybridized carbons (Fsp3) is 0.333. The first kappa shape index (κ1) is 23.1. The molecule has 2 unspecified atom stereocenters. The topological polar surface area (TPSA) is 114 Å². The Balaban J connectivity index is 1.73. The van der Waals surface area contributed by atoms with Gasteiger partial charge in [-0.15, -0.1) is 0 Å². The number of ether oxygens (including phenoxy) is 1. The van der Waals surface area contributed by atoms with E-state index in [1.165, 1.54) is 23.9 Å². The Labute approximate surface area is 186 Å². The lowest BCUT2D eigenvalue weighted by Gasteiger charge is -2.23. The zero-order valence-corrected chi connectivity index (χ0v) is 18.9. The molecule has 0 saturated heterocycles. The zero-order chi connectivity index (χ0) is 22.4. The molecule has 0 spiro atoms. The average Bonchev–Trinajstić information content (AvgIpc) is 2.76. The Hall–Kier alpha value is -2.56. The van der Waals surface area contributed by atoms with Gasteiger partial charge in [0, 0.05) is 0 Å². The number of sulfonamides is 1. The highest BCUT2D eigenvalue weighted by molar-refractivity contribution is 7.98. The zero-order valence-electron chi connectivity index (χ0n) is 17.3. The van der Waals surface area contributed by atoms with E-state index >= 15 is 0 Å². The van der Waals surface area contributed by atoms with Crippen LogP contribution in [0.4, 0.5) is 5.69 Å². The number of fused-ring (bicyclic) bond motifs is 1. The third-order valence-corrected chi connectivity index (χ3v) is 6.90. The number of hydrogen-bond acceptors (Lipinski definition) is 6. The van der Waals surface area contributed by atoms with Gasteiger partial charge in [0.2, 0.25) is 15.9 Å². The summed E-state index contributed by atoms with van der Waals surface area (Å²) >= 11 is 1.53. The van der Waals surface area contributed by atoms with Crippen molar-refractivity contribution in [3.05, 3.63) is 54.1 Å². The number of thioether (sulfide) groups is 1. The molecule has 2 atom stereocenters. The first-order chi connectivity index (χ1) is 14.8. The highest BCUT2D eigenvalue weighted by Gasteiger charge is 2.27. The second-order valence-corrected chi connectivity index (χ2v) is 9.79. The highest BCUT2D eigenvalue weighted by atomic mass is 32.2. The minimum atomic E-state index is -3.84. The van der Waals surface area contributed by atoms with Gasteiger partial charge < -0.3 is 15.4 Å². The number of nitrogens with one attached hydrogen (secondary N) is 3. The second-order valence-electron chi connectivity index (χ2n) is 7.09. The van der Waals surface area contributed by atoms with E-state index in [0.29, 0.717) is 23.6 Å². The van der Waals surface area contributed by atoms with Gasteiger partial charge in [0.25, 0.3) is 5.91 Å². The summed E-state index contributed by atoms with van der Waals surface area (Å²) in [5, 5.41) is 5.61. The van der Waals surface area contributed by atoms with E-state index in [4.69, 9.17) is 4.74 Å². The molecule has 2 amide bonds. The number of benzene rings is 2. The normalized spacial score (nSPS) is 15.2. The standard InChI is InChI=1S/C21H25N3O5S2/c1-14(15-8-9-19-18(12-15)23-20(25)13-29-19)22-21(26)17(10-11-30-2)24-31(27,28)16-6-4-3-5-7-16/h3-9,12,14,17,24H,10-11,13H2,1-2H3,(H,22,26)(H,23,25). The van der Waals surface area contributed by atoms with E-state index in [1.54, 1.807) is 43.3 Å². The minimum absolute atomic E-state index is 0.0304. The van der Waals surface area contributed by atoms with Crippen LogP contribution in [0.3, 0.4) is 0 Å². The molecule has 3 N–H and O–H groups in total. The van der Waals surface area contributed by atoms with Crippen LogP contribution in [0.25, 0.3) is 0 Å². The number of carbonyl (C=O) groups is 2. The molecule has 166 valence electrons. The van der Waals surface area contributed by atoms with Crippen LogP contribution in [0.15, 0.2) is 53.4 Å². The smallest absolute Gasteiger partial charge is 0.262 e. The maximum absolute atomic E-state index is 12.9. The molecule has 0 bridgehead atoms. The number of rotatable bonds is 9. The fourth-order valence-corrected chi connectivity index (χ4v) is 4.82. The molecular formula is C21H25N3O5S2. The molecule has 0 fully saturated rings. The van der Waals surface area contributed by atoms with Crippen LogP contribution >= 0.6 is 11.8 Å². The molecule has 0 aromatic heterocycles. The van der Waals surface area contributed by atoms with Crippen molar-refractivity contribution in [1.82, 2.24) is 10.0 Å². The molecule has 1 heterocycles. The van der Waals surface area contributed by atoms with E-state index in [0.717, 1.165) is 5.56 Å². The first-order valence-electron chi connectivity index (χ1n) is 9.73. The van der Waals surface area contributed by atoms with Crippen LogP contribution in [-0.2, 0) is 19.6 Å². The van der Waals surface area contributed by atoms with Crippen molar-refractivity contribution in [2.75, 3.05) is 23.9 Å². The minimum Gasteiger partial charge on any atom is -0.482 e. The van der Waals surface area contributed by atoms with Crippen molar-refractivity contribution < 1.29 is 22.7 Å². The Kier molecular flexibility index (Phi) is 7.58. The van der Waals surface area contributed by atoms with Gasteiger partial charge >= 0.3 is 0 Å². The van der Waals surface area contributed by atoms with Gasteiger partial charge in [-0.3, -0.25) is 9.59 Å². The Morgan fingerprint density at radius 1 is 1.23 bits per heavy atom. The quantitative estimate of drug-likeness (QED) is 0.526. The van der Waals surface area contributed by atoms with Gasteiger partial charge in [-0.05, 0) is 55.2 Å². The van der Waals surface area contributed by atoms with Gasteiger partial charge in [-0.1, -0.05) is 24.3 Å². The maximum atomic E-state index is 12.9. The Bertz CT molecular complexity index is 1040. The third-order valence-electron chi connectivity index (χ3n) is 4.77. The monoisotopic (exact) mass is 463 g/mol. The van der Waals surface area contributed by atoms with Crippen molar-refractivity contribution in [2.45, 2.75) is 30.3 Å². The number of amides is 2. The van der Waals surface area contributed by atoms with E-state index < -0.39 is 28.0 Å². The van der Waals surface area contributed by atoms with E-state index in [-0.39, 0.29) is 17.4 Å². The van der Waals surface area contributed by atoms with Gasteiger partial charge in [0.1, 0.15) is 11.8 Å². The lowest BCUT2D eigenvalue weighted by atomic mass is 10.1. The van der Waals surface area contributed by atoms with E-state index in [1.807, 2.05) is 6.26 Å². The second kappa shape index (κ2) is 10.2. The lowest BCUT2D eigenvalue weighted by Crippen LogP contribution is -2.47. The molecule has 0 aliphatic carbocycles. The molecule has 31 heavy (non-hydrogen) atoms. The van der Waals surface area contributed by atoms with Gasteiger partial charge in [0.05, 0.1) is 16.6 Å². The van der Waals surface area contributed by atoms with Crippen molar-refractivity contribution in [3.63, 3.8) is 0 Å². The number of anilines is 1. The van der Waals surface area contributed by atoms with Crippen LogP contribution in [0, 0.1) is 0 Å². The molecule has 0 saturated carbocycles. The summed E-state index contributed by atoms with van der Waals surface area (Å²) in [4.78, 5) is 24.6. The molecule has 2 aromatic rings. The Morgan fingerprint density at radius 3 is 2.68 bits per heavy atom. The van der Waals surface area contributed by atoms with Gasteiger partial charge in [-0.25, -0.2) is 8.42 Å². The predicted molar refractivity (Wildman–Crippen MR) is 121 cm³/mol. The van der Waals surface area contributed by atoms with Crippen molar-refractivity contribution in [1.29, 1.82) is 0 Å². The summed E-state index contributed by atoms with van der Waals surface area (Å²) in [6.07, 6.45) is 2.24. The molecule has 3 rings (SSSR count). The van der Waals surface area contributed by atoms with Gasteiger partial charge in [0.15, 0.2) is 6.61 Å². The van der Waals surface area contributed by atoms with Crippen molar-refractivity contribution in [3.8, 4) is 5.75 Å². The average molecular weight is 464 g/mol. The third kappa shape index (κ3) is 5.99. The molecular weight excluding hydrogens is 438 g/mol. The van der Waals surface area contributed by atoms with Crippen LogP contribution in [0.1, 0.15) is 24.9 Å². The summed E-state index contributed by atoms with van der Waals surface area (Å²) < 4.78 is 33.3. The van der Waals surface area contributed by atoms with Crippen LogP contribution in [0.2, 0.25) is 0 Å². The van der Waals surface area contributed by atoms with E-state index in [2.05, 4.69) is 15.4 Å². The molecule has 1 aliphatic heterocycles. The first-order valence-corrected chi connectivity index (χ1v) is 12.6. The van der Waals surface area contributed by atoms with Crippen LogP contribution in [0.5, 0.6) is 5.75 Å². The molecule has 1 aliphatic rings. The summed E-state index contributed by atoms with van der Waals surface area (Å²) in [6.45, 7) is 1.76. The molecule has 8 nitrogen and oxygen atoms in total. The van der Waals surface area contributed by atoms with Crippen molar-refractivity contribution in [2.24, 2.45) is 0 Å². The number of hydrogen-bond donors (Lipinski definition) is 3. The summed E-state index contributed by atoms with van der Waals surface area (Å²) in [5.41, 5.74) is 1.30. The maximum Gasteiger partial charge on any atom is 0.262 e. The summed E-state index contributed by atoms with van der Waals surface area (Å²) in [5.74, 6) is 0.523. The number of carbonyl (C=O) groups excluding carboxylic acids is 2. The fourth-order valence-electron chi connectivity index (χ4n) is 3.10. The summed E-state index contributed by atoms with van der Waals surface area (Å²) in [6, 6.07) is 11.9. The predicted octanol–water partition coefficient (Wildman–Crippen LogP) is 2.29. The highest BCUT2D eigenvalue weighted by Crippen LogP contribution is 2.30. The van der Waals surface area contributed by atoms with Gasteiger partial charge in [-0.2, -0.15) is 16.5 Å².